The fourth-order valence-electron chi connectivity index (χ4n) is 2.89. The Morgan fingerprint density at radius 3 is 2.74 bits per heavy atom. The van der Waals surface area contributed by atoms with Crippen LogP contribution in [0, 0.1) is 0 Å². The molecule has 2 heterocycles. The normalized spacial score (nSPS) is 15.8. The summed E-state index contributed by atoms with van der Waals surface area (Å²) >= 11 is 0. The monoisotopic (exact) mass is 318 g/mol. The molecule has 1 aromatic heterocycles. The van der Waals surface area contributed by atoms with Gasteiger partial charge in [0, 0.05) is 44.2 Å². The van der Waals surface area contributed by atoms with Gasteiger partial charge in [0.1, 0.15) is 11.3 Å². The number of hydrogen-bond donors (Lipinski definition) is 3. The van der Waals surface area contributed by atoms with Gasteiger partial charge in [0.25, 0.3) is 0 Å². The number of piperazine rings is 1. The molecule has 1 fully saturated rings. The van der Waals surface area contributed by atoms with Crippen LogP contribution in [0.25, 0.3) is 11.0 Å². The summed E-state index contributed by atoms with van der Waals surface area (Å²) in [4.78, 5) is 24.9. The van der Waals surface area contributed by atoms with Crippen molar-refractivity contribution >= 4 is 16.9 Å². The highest BCUT2D eigenvalue weighted by atomic mass is 16.4. The van der Waals surface area contributed by atoms with Crippen LogP contribution < -0.4 is 10.9 Å². The minimum atomic E-state index is -1.02. The summed E-state index contributed by atoms with van der Waals surface area (Å²) in [6, 6.07) is 4.31. The van der Waals surface area contributed by atoms with Gasteiger partial charge in [0.05, 0.1) is 12.0 Å². The molecular formula is C16H18N2O5. The van der Waals surface area contributed by atoms with E-state index in [1.165, 1.54) is 12.1 Å². The van der Waals surface area contributed by atoms with Crippen molar-refractivity contribution in [1.29, 1.82) is 0 Å². The Balaban J connectivity index is 2.08. The third-order valence-corrected chi connectivity index (χ3v) is 4.01. The maximum absolute atomic E-state index is 11.8. The standard InChI is InChI=1S/C16H18N2O5/c19-13-2-1-11-10(7-14(20)21)8-15(22)23-16(11)12(13)9-18-5-3-17-4-6-18/h1-2,8,17,19H,3-7,9H2,(H,20,21). The molecular weight excluding hydrogens is 300 g/mol. The largest absolute Gasteiger partial charge is 0.507 e. The van der Waals surface area contributed by atoms with Gasteiger partial charge in [-0.15, -0.1) is 0 Å². The van der Waals surface area contributed by atoms with Gasteiger partial charge < -0.3 is 19.9 Å². The van der Waals surface area contributed by atoms with Gasteiger partial charge in [-0.25, -0.2) is 4.79 Å². The lowest BCUT2D eigenvalue weighted by Gasteiger charge is -2.27. The number of carboxylic acid groups (broad SMARTS) is 1. The molecule has 7 nitrogen and oxygen atoms in total. The van der Waals surface area contributed by atoms with E-state index >= 15 is 0 Å². The highest BCUT2D eigenvalue weighted by Gasteiger charge is 2.18. The predicted molar refractivity (Wildman–Crippen MR) is 83.6 cm³/mol. The smallest absolute Gasteiger partial charge is 0.336 e. The first-order valence-electron chi connectivity index (χ1n) is 7.47. The summed E-state index contributed by atoms with van der Waals surface area (Å²) in [7, 11) is 0. The van der Waals surface area contributed by atoms with Crippen LogP contribution in [0.5, 0.6) is 5.75 Å². The molecule has 122 valence electrons. The molecule has 0 bridgehead atoms. The summed E-state index contributed by atoms with van der Waals surface area (Å²) in [6.45, 7) is 3.83. The van der Waals surface area contributed by atoms with Crippen molar-refractivity contribution < 1.29 is 19.4 Å². The van der Waals surface area contributed by atoms with Gasteiger partial charge in [-0.2, -0.15) is 0 Å². The van der Waals surface area contributed by atoms with E-state index in [0.29, 0.717) is 23.1 Å². The highest BCUT2D eigenvalue weighted by molar-refractivity contribution is 5.88. The molecule has 3 rings (SSSR count). The van der Waals surface area contributed by atoms with Crippen molar-refractivity contribution in [3.8, 4) is 5.75 Å². The molecule has 1 aliphatic heterocycles. The number of aromatic hydroxyl groups is 1. The molecule has 0 radical (unpaired) electrons. The topological polar surface area (TPSA) is 103 Å². The van der Waals surface area contributed by atoms with Crippen LogP contribution in [0.3, 0.4) is 0 Å². The molecule has 0 spiro atoms. The van der Waals surface area contributed by atoms with E-state index in [-0.39, 0.29) is 17.8 Å². The van der Waals surface area contributed by atoms with Crippen molar-refractivity contribution in [2.24, 2.45) is 0 Å². The van der Waals surface area contributed by atoms with Crippen LogP contribution in [0.15, 0.2) is 27.4 Å². The molecule has 23 heavy (non-hydrogen) atoms. The zero-order valence-electron chi connectivity index (χ0n) is 12.5. The van der Waals surface area contributed by atoms with E-state index in [9.17, 15) is 14.7 Å². The summed E-state index contributed by atoms with van der Waals surface area (Å²) in [5, 5.41) is 23.0. The fraction of sp³-hybridized carbons (Fsp3) is 0.375. The van der Waals surface area contributed by atoms with E-state index in [1.54, 1.807) is 6.07 Å². The number of carbonyl (C=O) groups is 1. The number of rotatable bonds is 4. The number of phenols is 1. The average molecular weight is 318 g/mol. The molecule has 0 atom stereocenters. The second kappa shape index (κ2) is 6.39. The van der Waals surface area contributed by atoms with Gasteiger partial charge in [-0.3, -0.25) is 9.69 Å². The second-order valence-corrected chi connectivity index (χ2v) is 5.63. The molecule has 1 saturated heterocycles. The van der Waals surface area contributed by atoms with Crippen molar-refractivity contribution in [3.63, 3.8) is 0 Å². The fourth-order valence-corrected chi connectivity index (χ4v) is 2.89. The van der Waals surface area contributed by atoms with Gasteiger partial charge in [0.2, 0.25) is 0 Å². The summed E-state index contributed by atoms with van der Waals surface area (Å²) in [5.74, 6) is -0.972. The highest BCUT2D eigenvalue weighted by Crippen LogP contribution is 2.29. The Morgan fingerprint density at radius 2 is 2.04 bits per heavy atom. The second-order valence-electron chi connectivity index (χ2n) is 5.63. The first-order chi connectivity index (χ1) is 11.0. The number of nitrogens with one attached hydrogen (secondary N) is 1. The van der Waals surface area contributed by atoms with E-state index in [1.807, 2.05) is 0 Å². The molecule has 1 aromatic carbocycles. The van der Waals surface area contributed by atoms with Gasteiger partial charge >= 0.3 is 11.6 Å². The Morgan fingerprint density at radius 1 is 1.30 bits per heavy atom. The third-order valence-electron chi connectivity index (χ3n) is 4.01. The molecule has 7 heteroatoms. The lowest BCUT2D eigenvalue weighted by molar-refractivity contribution is -0.136. The van der Waals surface area contributed by atoms with Crippen LogP contribution in [0.1, 0.15) is 11.1 Å². The number of hydrogen-bond acceptors (Lipinski definition) is 6. The lowest BCUT2D eigenvalue weighted by atomic mass is 10.0. The quantitative estimate of drug-likeness (QED) is 0.707. The number of nitrogens with zero attached hydrogens (tertiary/aromatic N) is 1. The Labute approximate surface area is 132 Å². The van der Waals surface area contributed by atoms with Gasteiger partial charge in [-0.05, 0) is 17.7 Å². The molecule has 0 unspecified atom stereocenters. The number of phenolic OH excluding ortho intramolecular Hbond substituents is 1. The van der Waals surface area contributed by atoms with E-state index in [4.69, 9.17) is 9.52 Å². The van der Waals surface area contributed by atoms with Gasteiger partial charge in [0.15, 0.2) is 0 Å². The minimum Gasteiger partial charge on any atom is -0.507 e. The van der Waals surface area contributed by atoms with Gasteiger partial charge in [-0.1, -0.05) is 0 Å². The van der Waals surface area contributed by atoms with Crippen LogP contribution in [0.2, 0.25) is 0 Å². The summed E-state index contributed by atoms with van der Waals surface area (Å²) < 4.78 is 5.29. The zero-order chi connectivity index (χ0) is 16.4. The predicted octanol–water partition coefficient (Wildman–Crippen LogP) is 0.531. The Bertz CT molecular complexity index is 793. The average Bonchev–Trinajstić information content (AvgIpc) is 2.50. The van der Waals surface area contributed by atoms with E-state index in [2.05, 4.69) is 10.2 Å². The first-order valence-corrected chi connectivity index (χ1v) is 7.47. The number of benzene rings is 1. The summed E-state index contributed by atoms with van der Waals surface area (Å²) in [6.07, 6.45) is -0.264. The maximum atomic E-state index is 11.8. The number of carboxylic acids is 1. The summed E-state index contributed by atoms with van der Waals surface area (Å²) in [5.41, 5.74) is 0.576. The first kappa shape index (κ1) is 15.5. The molecule has 3 N–H and O–H groups in total. The maximum Gasteiger partial charge on any atom is 0.336 e. The van der Waals surface area contributed by atoms with Crippen molar-refractivity contribution in [1.82, 2.24) is 10.2 Å². The van der Waals surface area contributed by atoms with Crippen molar-refractivity contribution in [2.75, 3.05) is 26.2 Å². The number of fused-ring (bicyclic) bond motifs is 1. The Hall–Kier alpha value is -2.38. The number of aliphatic carboxylic acids is 1. The van der Waals surface area contributed by atoms with E-state index in [0.717, 1.165) is 26.2 Å². The van der Waals surface area contributed by atoms with E-state index < -0.39 is 11.6 Å². The molecule has 0 saturated carbocycles. The Kier molecular flexibility index (Phi) is 4.31. The van der Waals surface area contributed by atoms with Crippen LogP contribution in [-0.4, -0.2) is 47.3 Å². The third kappa shape index (κ3) is 3.35. The van der Waals surface area contributed by atoms with Crippen LogP contribution >= 0.6 is 0 Å². The van der Waals surface area contributed by atoms with Crippen molar-refractivity contribution in [2.45, 2.75) is 13.0 Å². The van der Waals surface area contributed by atoms with Crippen LogP contribution in [0.4, 0.5) is 0 Å². The minimum absolute atomic E-state index is 0.0478. The lowest BCUT2D eigenvalue weighted by Crippen LogP contribution is -2.42. The molecule has 0 aliphatic carbocycles. The van der Waals surface area contributed by atoms with Crippen molar-refractivity contribution in [3.05, 3.63) is 39.7 Å². The molecule has 0 amide bonds. The zero-order valence-corrected chi connectivity index (χ0v) is 12.5. The van der Waals surface area contributed by atoms with Crippen LogP contribution in [-0.2, 0) is 17.8 Å². The molecule has 2 aromatic rings. The SMILES string of the molecule is O=C(O)Cc1cc(=O)oc2c(CN3CCNCC3)c(O)ccc12. The molecule has 1 aliphatic rings.